The Labute approximate surface area is 112 Å². The van der Waals surface area contributed by atoms with Crippen LogP contribution >= 0.6 is 23.2 Å². The smallest absolute Gasteiger partial charge is 0.0779 e. The first-order valence-electron chi connectivity index (χ1n) is 5.87. The van der Waals surface area contributed by atoms with Gasteiger partial charge in [0.2, 0.25) is 0 Å². The third kappa shape index (κ3) is 3.85. The highest BCUT2D eigenvalue weighted by Gasteiger charge is 2.28. The van der Waals surface area contributed by atoms with Gasteiger partial charge in [-0.2, -0.15) is 0 Å². The predicted molar refractivity (Wildman–Crippen MR) is 71.8 cm³/mol. The molecule has 1 unspecified atom stereocenters. The molecule has 1 atom stereocenters. The van der Waals surface area contributed by atoms with E-state index in [1.165, 1.54) is 0 Å². The number of ether oxygens (including phenoxy) is 1. The van der Waals surface area contributed by atoms with Crippen molar-refractivity contribution in [2.45, 2.75) is 31.9 Å². The van der Waals surface area contributed by atoms with Crippen molar-refractivity contribution in [3.8, 4) is 0 Å². The molecule has 2 rings (SSSR count). The zero-order chi connectivity index (χ0) is 12.3. The van der Waals surface area contributed by atoms with Crippen LogP contribution in [0.15, 0.2) is 18.2 Å². The van der Waals surface area contributed by atoms with Gasteiger partial charge in [-0.25, -0.2) is 0 Å². The van der Waals surface area contributed by atoms with Crippen LogP contribution in [0.1, 0.15) is 25.3 Å². The van der Waals surface area contributed by atoms with E-state index < -0.39 is 0 Å². The van der Waals surface area contributed by atoms with Gasteiger partial charge in [-0.1, -0.05) is 23.2 Å². The Bertz CT molecular complexity index is 369. The maximum absolute atomic E-state index is 5.95. The average Bonchev–Trinajstić information content (AvgIpc) is 2.64. The van der Waals surface area contributed by atoms with Gasteiger partial charge in [0.25, 0.3) is 0 Å². The lowest BCUT2D eigenvalue weighted by molar-refractivity contribution is 0.0207. The van der Waals surface area contributed by atoms with E-state index in [0.29, 0.717) is 10.0 Å². The van der Waals surface area contributed by atoms with Gasteiger partial charge in [0, 0.05) is 29.7 Å². The van der Waals surface area contributed by atoms with Crippen molar-refractivity contribution < 1.29 is 4.74 Å². The molecule has 1 N–H and O–H groups in total. The lowest BCUT2D eigenvalue weighted by Gasteiger charge is -2.23. The van der Waals surface area contributed by atoms with Crippen LogP contribution in [-0.2, 0) is 11.3 Å². The minimum Gasteiger partial charge on any atom is -0.374 e. The normalized spacial score (nSPS) is 24.2. The molecule has 17 heavy (non-hydrogen) atoms. The highest BCUT2D eigenvalue weighted by molar-refractivity contribution is 6.34. The fourth-order valence-electron chi connectivity index (χ4n) is 2.16. The molecule has 1 aliphatic heterocycles. The van der Waals surface area contributed by atoms with E-state index in [9.17, 15) is 0 Å². The molecular formula is C13H17Cl2NO. The van der Waals surface area contributed by atoms with E-state index >= 15 is 0 Å². The number of halogens is 2. The summed E-state index contributed by atoms with van der Waals surface area (Å²) >= 11 is 11.9. The van der Waals surface area contributed by atoms with Gasteiger partial charge in [0.05, 0.1) is 5.60 Å². The van der Waals surface area contributed by atoms with Crippen LogP contribution in [0.3, 0.4) is 0 Å². The standard InChI is InChI=1S/C13H17Cl2NO/c1-13(3-2-4-17-13)9-16-8-10-5-11(14)7-12(15)6-10/h5-7,16H,2-4,8-9H2,1H3. The van der Waals surface area contributed by atoms with Crippen molar-refractivity contribution in [3.05, 3.63) is 33.8 Å². The third-order valence-corrected chi connectivity index (χ3v) is 3.49. The molecule has 1 aromatic carbocycles. The molecule has 0 bridgehead atoms. The van der Waals surface area contributed by atoms with Gasteiger partial charge < -0.3 is 10.1 Å². The molecule has 0 radical (unpaired) electrons. The van der Waals surface area contributed by atoms with E-state index in [1.807, 2.05) is 12.1 Å². The Hall–Kier alpha value is -0.280. The van der Waals surface area contributed by atoms with Gasteiger partial charge in [0.1, 0.15) is 0 Å². The van der Waals surface area contributed by atoms with Crippen molar-refractivity contribution in [1.29, 1.82) is 0 Å². The lowest BCUT2D eigenvalue weighted by atomic mass is 10.0. The number of hydrogen-bond acceptors (Lipinski definition) is 2. The van der Waals surface area contributed by atoms with Gasteiger partial charge in [-0.05, 0) is 43.5 Å². The largest absolute Gasteiger partial charge is 0.374 e. The summed E-state index contributed by atoms with van der Waals surface area (Å²) in [4.78, 5) is 0. The molecule has 1 saturated heterocycles. The van der Waals surface area contributed by atoms with Crippen molar-refractivity contribution in [1.82, 2.24) is 5.32 Å². The zero-order valence-electron chi connectivity index (χ0n) is 9.93. The zero-order valence-corrected chi connectivity index (χ0v) is 11.4. The maximum atomic E-state index is 5.95. The Morgan fingerprint density at radius 2 is 2.00 bits per heavy atom. The van der Waals surface area contributed by atoms with Crippen LogP contribution in [0, 0.1) is 0 Å². The number of rotatable bonds is 4. The molecule has 0 spiro atoms. The summed E-state index contributed by atoms with van der Waals surface area (Å²) in [6.07, 6.45) is 2.28. The average molecular weight is 274 g/mol. The highest BCUT2D eigenvalue weighted by atomic mass is 35.5. The van der Waals surface area contributed by atoms with Crippen LogP contribution in [0.25, 0.3) is 0 Å². The minimum absolute atomic E-state index is 0.0115. The first-order valence-corrected chi connectivity index (χ1v) is 6.63. The quantitative estimate of drug-likeness (QED) is 0.904. The Morgan fingerprint density at radius 1 is 1.29 bits per heavy atom. The van der Waals surface area contributed by atoms with Crippen molar-refractivity contribution in [2.24, 2.45) is 0 Å². The second-order valence-corrected chi connectivity index (χ2v) is 5.66. The molecule has 1 fully saturated rings. The van der Waals surface area contributed by atoms with E-state index in [0.717, 1.165) is 38.1 Å². The first kappa shape index (κ1) is 13.2. The maximum Gasteiger partial charge on any atom is 0.0779 e. The molecule has 0 aliphatic carbocycles. The van der Waals surface area contributed by atoms with Gasteiger partial charge in [-0.15, -0.1) is 0 Å². The van der Waals surface area contributed by atoms with Gasteiger partial charge in [-0.3, -0.25) is 0 Å². The van der Waals surface area contributed by atoms with Crippen molar-refractivity contribution >= 4 is 23.2 Å². The number of benzene rings is 1. The number of nitrogens with one attached hydrogen (secondary N) is 1. The van der Waals surface area contributed by atoms with Crippen molar-refractivity contribution in [3.63, 3.8) is 0 Å². The SMILES string of the molecule is CC1(CNCc2cc(Cl)cc(Cl)c2)CCCO1. The van der Waals surface area contributed by atoms with Crippen LogP contribution in [-0.4, -0.2) is 18.8 Å². The molecular weight excluding hydrogens is 257 g/mol. The van der Waals surface area contributed by atoms with Gasteiger partial charge in [0.15, 0.2) is 0 Å². The second-order valence-electron chi connectivity index (χ2n) is 4.78. The molecule has 4 heteroatoms. The minimum atomic E-state index is -0.0115. The van der Waals surface area contributed by atoms with Crippen LogP contribution in [0.5, 0.6) is 0 Å². The lowest BCUT2D eigenvalue weighted by Crippen LogP contribution is -2.36. The van der Waals surface area contributed by atoms with Crippen LogP contribution < -0.4 is 5.32 Å². The Balaban J connectivity index is 1.85. The van der Waals surface area contributed by atoms with Crippen LogP contribution in [0.2, 0.25) is 10.0 Å². The number of hydrogen-bond donors (Lipinski definition) is 1. The summed E-state index contributed by atoms with van der Waals surface area (Å²) in [5, 5.41) is 4.75. The predicted octanol–water partition coefficient (Wildman–Crippen LogP) is 3.65. The summed E-state index contributed by atoms with van der Waals surface area (Å²) in [7, 11) is 0. The van der Waals surface area contributed by atoms with E-state index in [2.05, 4.69) is 12.2 Å². The van der Waals surface area contributed by atoms with Gasteiger partial charge >= 0.3 is 0 Å². The molecule has 0 aromatic heterocycles. The fourth-order valence-corrected chi connectivity index (χ4v) is 2.73. The summed E-state index contributed by atoms with van der Waals surface area (Å²) in [6.45, 7) is 4.65. The fraction of sp³-hybridized carbons (Fsp3) is 0.538. The molecule has 1 aromatic rings. The molecule has 0 amide bonds. The Morgan fingerprint density at radius 3 is 2.59 bits per heavy atom. The van der Waals surface area contributed by atoms with Crippen molar-refractivity contribution in [2.75, 3.05) is 13.2 Å². The molecule has 1 aliphatic rings. The van der Waals surface area contributed by atoms with E-state index in [4.69, 9.17) is 27.9 Å². The monoisotopic (exact) mass is 273 g/mol. The van der Waals surface area contributed by atoms with E-state index in [1.54, 1.807) is 6.07 Å². The first-order chi connectivity index (χ1) is 8.07. The summed E-state index contributed by atoms with van der Waals surface area (Å²) in [5.41, 5.74) is 1.09. The highest BCUT2D eigenvalue weighted by Crippen LogP contribution is 2.24. The van der Waals surface area contributed by atoms with E-state index in [-0.39, 0.29) is 5.60 Å². The molecule has 0 saturated carbocycles. The third-order valence-electron chi connectivity index (χ3n) is 3.05. The Kier molecular flexibility index (Phi) is 4.31. The second kappa shape index (κ2) is 5.57. The molecule has 1 heterocycles. The van der Waals surface area contributed by atoms with Crippen LogP contribution in [0.4, 0.5) is 0 Å². The summed E-state index contributed by atoms with van der Waals surface area (Å²) < 4.78 is 5.71. The molecule has 2 nitrogen and oxygen atoms in total. The summed E-state index contributed by atoms with van der Waals surface area (Å²) in [5.74, 6) is 0. The summed E-state index contributed by atoms with van der Waals surface area (Å²) in [6, 6.07) is 5.60. The molecule has 94 valence electrons. The topological polar surface area (TPSA) is 21.3 Å².